The molecule has 1 saturated carbocycles. The van der Waals surface area contributed by atoms with Crippen molar-refractivity contribution >= 4 is 5.91 Å². The largest absolute Gasteiger partial charge is 0.352 e. The third-order valence-electron chi connectivity index (χ3n) is 5.34. The number of nitrogens with zero attached hydrogens (tertiary/aromatic N) is 1. The highest BCUT2D eigenvalue weighted by Crippen LogP contribution is 2.56. The molecule has 2 aliphatic rings. The molecule has 0 radical (unpaired) electrons. The van der Waals surface area contributed by atoms with Crippen molar-refractivity contribution in [2.24, 2.45) is 11.8 Å². The zero-order valence-electron chi connectivity index (χ0n) is 14.1. The third-order valence-corrected chi connectivity index (χ3v) is 5.34. The van der Waals surface area contributed by atoms with Gasteiger partial charge in [-0.3, -0.25) is 9.69 Å². The summed E-state index contributed by atoms with van der Waals surface area (Å²) in [4.78, 5) is 13.6. The van der Waals surface area contributed by atoms with Gasteiger partial charge in [-0.25, -0.2) is 0 Å². The van der Waals surface area contributed by atoms with E-state index in [2.05, 4.69) is 64.8 Å². The van der Waals surface area contributed by atoms with E-state index in [-0.39, 0.29) is 5.91 Å². The van der Waals surface area contributed by atoms with Crippen LogP contribution in [0.5, 0.6) is 0 Å². The first-order valence-corrected chi connectivity index (χ1v) is 8.82. The van der Waals surface area contributed by atoms with Crippen LogP contribution in [0.25, 0.3) is 0 Å². The van der Waals surface area contributed by atoms with Gasteiger partial charge in [0, 0.05) is 32.6 Å². The zero-order chi connectivity index (χ0) is 16.5. The Labute approximate surface area is 143 Å². The quantitative estimate of drug-likeness (QED) is 0.914. The Bertz CT molecular complexity index is 710. The molecule has 0 aromatic heterocycles. The minimum absolute atomic E-state index is 0.0149. The molecule has 1 heterocycles. The summed E-state index contributed by atoms with van der Waals surface area (Å²) in [6.45, 7) is 4.39. The van der Waals surface area contributed by atoms with Gasteiger partial charge in [0.2, 0.25) is 5.91 Å². The maximum absolute atomic E-state index is 11.0. The van der Waals surface area contributed by atoms with Gasteiger partial charge in [-0.05, 0) is 34.9 Å². The molecule has 0 spiro atoms. The number of benzene rings is 2. The van der Waals surface area contributed by atoms with Crippen molar-refractivity contribution in [2.45, 2.75) is 32.5 Å². The minimum atomic E-state index is 0.0149. The van der Waals surface area contributed by atoms with E-state index >= 15 is 0 Å². The summed E-state index contributed by atoms with van der Waals surface area (Å²) in [5, 5.41) is 2.85. The lowest BCUT2D eigenvalue weighted by molar-refractivity contribution is -0.119. The third kappa shape index (κ3) is 3.22. The number of piperidine rings is 1. The molecular formula is C21H24N2O. The first kappa shape index (κ1) is 15.4. The molecular weight excluding hydrogens is 296 g/mol. The summed E-state index contributed by atoms with van der Waals surface area (Å²) < 4.78 is 0. The Hall–Kier alpha value is -2.13. The van der Waals surface area contributed by atoms with E-state index < -0.39 is 0 Å². The predicted octanol–water partition coefficient (Wildman–Crippen LogP) is 3.52. The highest BCUT2D eigenvalue weighted by Gasteiger charge is 2.52. The number of nitrogens with one attached hydrogen (secondary N) is 1. The number of fused-ring (bicyclic) bond motifs is 1. The van der Waals surface area contributed by atoms with Crippen LogP contribution in [0.1, 0.15) is 36.1 Å². The van der Waals surface area contributed by atoms with E-state index in [1.165, 1.54) is 24.1 Å². The number of hydrogen-bond acceptors (Lipinski definition) is 2. The van der Waals surface area contributed by atoms with E-state index in [1.807, 2.05) is 0 Å². The number of likely N-dealkylation sites (tertiary alicyclic amines) is 1. The zero-order valence-corrected chi connectivity index (χ0v) is 14.1. The molecule has 1 N–H and O–H groups in total. The van der Waals surface area contributed by atoms with Gasteiger partial charge in [-0.1, -0.05) is 54.6 Å². The average molecular weight is 320 g/mol. The fourth-order valence-electron chi connectivity index (χ4n) is 4.05. The van der Waals surface area contributed by atoms with Crippen molar-refractivity contribution in [3.05, 3.63) is 71.3 Å². The second kappa shape index (κ2) is 6.40. The van der Waals surface area contributed by atoms with E-state index in [0.29, 0.717) is 12.6 Å². The van der Waals surface area contributed by atoms with Crippen molar-refractivity contribution in [3.63, 3.8) is 0 Å². The molecule has 124 valence electrons. The van der Waals surface area contributed by atoms with Gasteiger partial charge in [0.1, 0.15) is 0 Å². The Morgan fingerprint density at radius 2 is 1.79 bits per heavy atom. The van der Waals surface area contributed by atoms with E-state index in [9.17, 15) is 4.79 Å². The van der Waals surface area contributed by atoms with Crippen molar-refractivity contribution in [3.8, 4) is 0 Å². The van der Waals surface area contributed by atoms with Gasteiger partial charge in [-0.15, -0.1) is 0 Å². The molecule has 4 rings (SSSR count). The maximum Gasteiger partial charge on any atom is 0.217 e. The molecule has 0 bridgehead atoms. The Kier molecular flexibility index (Phi) is 4.11. The summed E-state index contributed by atoms with van der Waals surface area (Å²) >= 11 is 0. The van der Waals surface area contributed by atoms with Crippen molar-refractivity contribution in [1.29, 1.82) is 0 Å². The van der Waals surface area contributed by atoms with Crippen LogP contribution in [0.4, 0.5) is 0 Å². The van der Waals surface area contributed by atoms with Gasteiger partial charge in [-0.2, -0.15) is 0 Å². The standard InChI is InChI=1S/C21H24N2O/c1-15(24)22-12-16-7-9-17(10-8-16)13-23-14-19-11-20(19)21(23)18-5-3-2-4-6-18/h2-10,19-21H,11-14H2,1H3,(H,22,24)/t19-,20-,21-/m0/s1. The highest BCUT2D eigenvalue weighted by molar-refractivity contribution is 5.72. The smallest absolute Gasteiger partial charge is 0.217 e. The maximum atomic E-state index is 11.0. The molecule has 0 unspecified atom stereocenters. The van der Waals surface area contributed by atoms with Gasteiger partial charge in [0.05, 0.1) is 0 Å². The normalized spacial score (nSPS) is 25.3. The number of carbonyl (C=O) groups is 1. The lowest BCUT2D eigenvalue weighted by Crippen LogP contribution is -2.26. The van der Waals surface area contributed by atoms with Crippen LogP contribution in [0.15, 0.2) is 54.6 Å². The van der Waals surface area contributed by atoms with Crippen LogP contribution in [0.3, 0.4) is 0 Å². The van der Waals surface area contributed by atoms with Crippen LogP contribution < -0.4 is 5.32 Å². The summed E-state index contributed by atoms with van der Waals surface area (Å²) in [6.07, 6.45) is 1.39. The van der Waals surface area contributed by atoms with Crippen LogP contribution in [0.2, 0.25) is 0 Å². The van der Waals surface area contributed by atoms with Crippen molar-refractivity contribution in [2.75, 3.05) is 6.54 Å². The lowest BCUT2D eigenvalue weighted by atomic mass is 10.0. The first-order valence-electron chi connectivity index (χ1n) is 8.82. The van der Waals surface area contributed by atoms with Crippen molar-refractivity contribution in [1.82, 2.24) is 10.2 Å². The van der Waals surface area contributed by atoms with Crippen LogP contribution in [-0.2, 0) is 17.9 Å². The summed E-state index contributed by atoms with van der Waals surface area (Å²) in [6, 6.07) is 20.2. The van der Waals surface area contributed by atoms with Crippen molar-refractivity contribution < 1.29 is 4.79 Å². The minimum Gasteiger partial charge on any atom is -0.352 e. The van der Waals surface area contributed by atoms with Gasteiger partial charge >= 0.3 is 0 Å². The Balaban J connectivity index is 1.44. The van der Waals surface area contributed by atoms with E-state index in [0.717, 1.165) is 23.9 Å². The number of hydrogen-bond donors (Lipinski definition) is 1. The fourth-order valence-corrected chi connectivity index (χ4v) is 4.05. The van der Waals surface area contributed by atoms with Gasteiger partial charge in [0.15, 0.2) is 0 Å². The van der Waals surface area contributed by atoms with Gasteiger partial charge in [0.25, 0.3) is 0 Å². The van der Waals surface area contributed by atoms with E-state index in [1.54, 1.807) is 6.92 Å². The molecule has 3 atom stereocenters. The number of carbonyl (C=O) groups excluding carboxylic acids is 1. The lowest BCUT2D eigenvalue weighted by Gasteiger charge is -2.28. The van der Waals surface area contributed by atoms with Crippen LogP contribution in [0, 0.1) is 11.8 Å². The molecule has 2 fully saturated rings. The number of amides is 1. The molecule has 2 aromatic carbocycles. The monoisotopic (exact) mass is 320 g/mol. The molecule has 3 nitrogen and oxygen atoms in total. The molecule has 1 aliphatic heterocycles. The highest BCUT2D eigenvalue weighted by atomic mass is 16.1. The van der Waals surface area contributed by atoms with Gasteiger partial charge < -0.3 is 5.32 Å². The topological polar surface area (TPSA) is 32.3 Å². The average Bonchev–Trinajstić information content (AvgIpc) is 3.26. The second-order valence-corrected chi connectivity index (χ2v) is 7.17. The van der Waals surface area contributed by atoms with E-state index in [4.69, 9.17) is 0 Å². The summed E-state index contributed by atoms with van der Waals surface area (Å²) in [5.41, 5.74) is 3.96. The molecule has 1 aliphatic carbocycles. The number of rotatable bonds is 5. The molecule has 1 saturated heterocycles. The fraction of sp³-hybridized carbons (Fsp3) is 0.381. The Morgan fingerprint density at radius 1 is 1.08 bits per heavy atom. The molecule has 24 heavy (non-hydrogen) atoms. The molecule has 1 amide bonds. The summed E-state index contributed by atoms with van der Waals surface area (Å²) in [7, 11) is 0. The first-order chi connectivity index (χ1) is 11.7. The van der Waals surface area contributed by atoms with Crippen LogP contribution in [-0.4, -0.2) is 17.4 Å². The van der Waals surface area contributed by atoms with Crippen LogP contribution >= 0.6 is 0 Å². The Morgan fingerprint density at radius 3 is 2.50 bits per heavy atom. The summed E-state index contributed by atoms with van der Waals surface area (Å²) in [5.74, 6) is 1.77. The molecule has 3 heteroatoms. The predicted molar refractivity (Wildman–Crippen MR) is 95.2 cm³/mol. The second-order valence-electron chi connectivity index (χ2n) is 7.17. The molecule has 2 aromatic rings. The SMILES string of the molecule is CC(=O)NCc1ccc(CN2C[C@@H]3C[C@@H]3[C@@H]2c2ccccc2)cc1.